The standard InChI is InChI=1S/C46H52N2O4/c1-34(37-24-14-7-15-25-37)48(32-36-22-12-6-13-23-36)44(39-28-18-9-19-29-39)43(45(51)52-46(2,3)4)41(38-26-16-8-17-27-38)31-42(50)47-40(33-49)30-35-20-10-5-11-21-35/h5-29,34,40-41,43-44,49H,30-33H2,1-4H3,(H,47,50)/t34-,40-,41+,43-,44-/m0/s1. The average molecular weight is 697 g/mol. The van der Waals surface area contributed by atoms with Gasteiger partial charge in [0.2, 0.25) is 5.91 Å². The van der Waals surface area contributed by atoms with Crippen molar-refractivity contribution in [2.24, 2.45) is 5.92 Å². The van der Waals surface area contributed by atoms with E-state index in [0.717, 1.165) is 27.8 Å². The molecule has 5 rings (SSSR count). The predicted molar refractivity (Wildman–Crippen MR) is 208 cm³/mol. The number of aliphatic hydroxyl groups is 1. The molecule has 0 bridgehead atoms. The van der Waals surface area contributed by atoms with E-state index in [2.05, 4.69) is 53.5 Å². The first-order valence-electron chi connectivity index (χ1n) is 18.2. The summed E-state index contributed by atoms with van der Waals surface area (Å²) in [6.45, 7) is 8.17. The Morgan fingerprint density at radius 2 is 1.13 bits per heavy atom. The molecule has 52 heavy (non-hydrogen) atoms. The monoisotopic (exact) mass is 696 g/mol. The Morgan fingerprint density at radius 3 is 1.63 bits per heavy atom. The van der Waals surface area contributed by atoms with Crippen LogP contribution in [-0.4, -0.2) is 40.1 Å². The van der Waals surface area contributed by atoms with E-state index < -0.39 is 29.5 Å². The van der Waals surface area contributed by atoms with Crippen molar-refractivity contribution in [2.45, 2.75) is 76.7 Å². The molecule has 0 aromatic heterocycles. The molecule has 0 saturated carbocycles. The summed E-state index contributed by atoms with van der Waals surface area (Å²) in [6.07, 6.45) is 0.502. The van der Waals surface area contributed by atoms with Crippen molar-refractivity contribution in [3.05, 3.63) is 179 Å². The molecule has 5 aromatic carbocycles. The Hall–Kier alpha value is -5.04. The highest BCUT2D eigenvalue weighted by Crippen LogP contribution is 2.45. The lowest BCUT2D eigenvalue weighted by atomic mass is 9.75. The van der Waals surface area contributed by atoms with E-state index in [4.69, 9.17) is 4.74 Å². The lowest BCUT2D eigenvalue weighted by Crippen LogP contribution is -2.45. The number of hydrogen-bond donors (Lipinski definition) is 2. The number of aliphatic hydroxyl groups excluding tert-OH is 1. The molecule has 6 nitrogen and oxygen atoms in total. The third-order valence-electron chi connectivity index (χ3n) is 9.48. The van der Waals surface area contributed by atoms with Crippen molar-refractivity contribution >= 4 is 11.9 Å². The Morgan fingerprint density at radius 1 is 0.673 bits per heavy atom. The molecule has 6 heteroatoms. The fourth-order valence-corrected chi connectivity index (χ4v) is 7.03. The van der Waals surface area contributed by atoms with E-state index in [1.807, 2.05) is 136 Å². The molecule has 0 unspecified atom stereocenters. The van der Waals surface area contributed by atoms with Gasteiger partial charge in [-0.15, -0.1) is 0 Å². The number of hydrogen-bond acceptors (Lipinski definition) is 5. The second-order valence-electron chi connectivity index (χ2n) is 14.5. The first-order valence-corrected chi connectivity index (χ1v) is 18.2. The molecule has 5 atom stereocenters. The summed E-state index contributed by atoms with van der Waals surface area (Å²) in [5, 5.41) is 13.4. The van der Waals surface area contributed by atoms with Gasteiger partial charge in [-0.25, -0.2) is 0 Å². The zero-order valence-electron chi connectivity index (χ0n) is 30.8. The van der Waals surface area contributed by atoms with Gasteiger partial charge in [0, 0.05) is 31.0 Å². The molecule has 0 radical (unpaired) electrons. The maximum absolute atomic E-state index is 15.0. The molecule has 0 saturated heterocycles. The highest BCUT2D eigenvalue weighted by Gasteiger charge is 2.44. The lowest BCUT2D eigenvalue weighted by Gasteiger charge is -2.43. The molecule has 0 aliphatic carbocycles. The minimum absolute atomic E-state index is 0.0153. The number of nitrogens with zero attached hydrogens (tertiary/aromatic N) is 1. The summed E-state index contributed by atoms with van der Waals surface area (Å²) >= 11 is 0. The molecule has 5 aromatic rings. The van der Waals surface area contributed by atoms with Crippen LogP contribution in [0.25, 0.3) is 0 Å². The summed E-state index contributed by atoms with van der Waals surface area (Å²) < 4.78 is 6.32. The van der Waals surface area contributed by atoms with Crippen LogP contribution >= 0.6 is 0 Å². The highest BCUT2D eigenvalue weighted by atomic mass is 16.6. The lowest BCUT2D eigenvalue weighted by molar-refractivity contribution is -0.165. The first-order chi connectivity index (χ1) is 25.1. The van der Waals surface area contributed by atoms with E-state index >= 15 is 0 Å². The fourth-order valence-electron chi connectivity index (χ4n) is 7.03. The van der Waals surface area contributed by atoms with Crippen molar-refractivity contribution in [3.8, 4) is 0 Å². The van der Waals surface area contributed by atoms with Crippen molar-refractivity contribution in [1.29, 1.82) is 0 Å². The molecule has 0 fully saturated rings. The van der Waals surface area contributed by atoms with Crippen molar-refractivity contribution < 1.29 is 19.4 Å². The van der Waals surface area contributed by atoms with Gasteiger partial charge in [-0.05, 0) is 61.9 Å². The Labute approximate surface area is 309 Å². The van der Waals surface area contributed by atoms with E-state index in [-0.39, 0.29) is 30.9 Å². The van der Waals surface area contributed by atoms with Gasteiger partial charge in [0.25, 0.3) is 0 Å². The SMILES string of the molecule is C[C@@H](c1ccccc1)N(Cc1ccccc1)[C@@H](c1ccccc1)[C@@H](C(=O)OC(C)(C)C)[C@H](CC(=O)N[C@H](CO)Cc1ccccc1)c1ccccc1. The normalized spacial score (nSPS) is 14.5. The average Bonchev–Trinajstić information content (AvgIpc) is 3.16. The number of carbonyl (C=O) groups excluding carboxylic acids is 2. The fraction of sp³-hybridized carbons (Fsp3) is 0.304. The number of rotatable bonds is 16. The molecule has 0 aliphatic heterocycles. The molecule has 270 valence electrons. The first kappa shape index (κ1) is 38.2. The minimum atomic E-state index is -0.800. The highest BCUT2D eigenvalue weighted by molar-refractivity contribution is 5.81. The smallest absolute Gasteiger partial charge is 0.312 e. The van der Waals surface area contributed by atoms with Gasteiger partial charge in [-0.3, -0.25) is 14.5 Å². The zero-order valence-corrected chi connectivity index (χ0v) is 30.8. The maximum Gasteiger partial charge on any atom is 0.312 e. The van der Waals surface area contributed by atoms with Crippen LogP contribution < -0.4 is 5.32 Å². The number of nitrogens with one attached hydrogen (secondary N) is 1. The van der Waals surface area contributed by atoms with Gasteiger partial charge in [-0.1, -0.05) is 152 Å². The Kier molecular flexibility index (Phi) is 13.6. The van der Waals surface area contributed by atoms with Gasteiger partial charge in [-0.2, -0.15) is 0 Å². The third kappa shape index (κ3) is 10.7. The van der Waals surface area contributed by atoms with Gasteiger partial charge in [0.15, 0.2) is 0 Å². The topological polar surface area (TPSA) is 78.9 Å². The van der Waals surface area contributed by atoms with E-state index in [9.17, 15) is 14.7 Å². The molecule has 2 N–H and O–H groups in total. The summed E-state index contributed by atoms with van der Waals surface area (Å²) in [6, 6.07) is 49.3. The number of benzene rings is 5. The van der Waals surface area contributed by atoms with Crippen LogP contribution in [0.4, 0.5) is 0 Å². The van der Waals surface area contributed by atoms with Crippen LogP contribution in [0.5, 0.6) is 0 Å². The molecule has 0 aliphatic rings. The maximum atomic E-state index is 15.0. The van der Waals surface area contributed by atoms with Crippen LogP contribution in [0, 0.1) is 5.92 Å². The van der Waals surface area contributed by atoms with Crippen LogP contribution in [0.2, 0.25) is 0 Å². The third-order valence-corrected chi connectivity index (χ3v) is 9.48. The summed E-state index contributed by atoms with van der Waals surface area (Å²) in [7, 11) is 0. The Balaban J connectivity index is 1.65. The molecule has 0 heterocycles. The molecule has 0 spiro atoms. The summed E-state index contributed by atoms with van der Waals surface area (Å²) in [5.74, 6) is -1.98. The largest absolute Gasteiger partial charge is 0.460 e. The van der Waals surface area contributed by atoms with Gasteiger partial charge >= 0.3 is 5.97 Å². The van der Waals surface area contributed by atoms with Crippen LogP contribution in [0.15, 0.2) is 152 Å². The van der Waals surface area contributed by atoms with Crippen molar-refractivity contribution in [3.63, 3.8) is 0 Å². The second kappa shape index (κ2) is 18.5. The van der Waals surface area contributed by atoms with Crippen molar-refractivity contribution in [2.75, 3.05) is 6.61 Å². The second-order valence-corrected chi connectivity index (χ2v) is 14.5. The zero-order chi connectivity index (χ0) is 36.9. The number of ether oxygens (including phenoxy) is 1. The van der Waals surface area contributed by atoms with Gasteiger partial charge in [0.1, 0.15) is 5.60 Å². The molecular formula is C46H52N2O4. The molecular weight excluding hydrogens is 645 g/mol. The van der Waals surface area contributed by atoms with E-state index in [1.165, 1.54) is 0 Å². The Bertz CT molecular complexity index is 1800. The van der Waals surface area contributed by atoms with E-state index in [1.54, 1.807) is 0 Å². The van der Waals surface area contributed by atoms with Crippen LogP contribution in [0.1, 0.15) is 79.9 Å². The quantitative estimate of drug-likeness (QED) is 0.101. The molecule has 1 amide bonds. The minimum Gasteiger partial charge on any atom is -0.460 e. The number of amides is 1. The van der Waals surface area contributed by atoms with Crippen LogP contribution in [0.3, 0.4) is 0 Å². The van der Waals surface area contributed by atoms with Gasteiger partial charge in [0.05, 0.1) is 18.6 Å². The van der Waals surface area contributed by atoms with Gasteiger partial charge < -0.3 is 15.2 Å². The van der Waals surface area contributed by atoms with Crippen molar-refractivity contribution in [1.82, 2.24) is 10.2 Å². The number of esters is 1. The summed E-state index contributed by atoms with van der Waals surface area (Å²) in [5.41, 5.74) is 4.29. The van der Waals surface area contributed by atoms with Crippen LogP contribution in [-0.2, 0) is 27.3 Å². The predicted octanol–water partition coefficient (Wildman–Crippen LogP) is 8.84. The van der Waals surface area contributed by atoms with E-state index in [0.29, 0.717) is 13.0 Å². The number of carbonyl (C=O) groups is 2. The summed E-state index contributed by atoms with van der Waals surface area (Å²) in [4.78, 5) is 31.6.